The molecule has 1 aromatic heterocycles. The fourth-order valence-corrected chi connectivity index (χ4v) is 1.75. The summed E-state index contributed by atoms with van der Waals surface area (Å²) >= 11 is 0. The van der Waals surface area contributed by atoms with Gasteiger partial charge in [-0.15, -0.1) is 0 Å². The number of H-pyrrole nitrogens is 2. The molecule has 1 amide bonds. The van der Waals surface area contributed by atoms with E-state index in [9.17, 15) is 14.4 Å². The van der Waals surface area contributed by atoms with Gasteiger partial charge < -0.3 is 0 Å². The monoisotopic (exact) mass is 301 g/mol. The molecule has 0 spiro atoms. The fraction of sp³-hybridized carbons (Fsp3) is 0.214. The molecule has 0 bridgehead atoms. The molecule has 0 aliphatic carbocycles. The highest BCUT2D eigenvalue weighted by molar-refractivity contribution is 5.79. The van der Waals surface area contributed by atoms with Crippen LogP contribution in [0.25, 0.3) is 0 Å². The van der Waals surface area contributed by atoms with Crippen molar-refractivity contribution in [3.8, 4) is 0 Å². The van der Waals surface area contributed by atoms with E-state index < -0.39 is 17.2 Å². The van der Waals surface area contributed by atoms with E-state index in [1.807, 2.05) is 42.2 Å². The third-order valence-electron chi connectivity index (χ3n) is 2.92. The van der Waals surface area contributed by atoms with Gasteiger partial charge in [0.05, 0.1) is 6.42 Å². The quantitative estimate of drug-likeness (QED) is 0.528. The van der Waals surface area contributed by atoms with Crippen molar-refractivity contribution in [2.45, 2.75) is 19.3 Å². The lowest BCUT2D eigenvalue weighted by Crippen LogP contribution is -2.31. The summed E-state index contributed by atoms with van der Waals surface area (Å²) in [6, 6.07) is 9.69. The van der Waals surface area contributed by atoms with Crippen LogP contribution in [0.15, 0.2) is 45.0 Å². The van der Waals surface area contributed by atoms with E-state index in [2.05, 4.69) is 20.7 Å². The maximum absolute atomic E-state index is 11.7. The van der Waals surface area contributed by atoms with E-state index in [4.69, 9.17) is 0 Å². The van der Waals surface area contributed by atoms with E-state index in [0.717, 1.165) is 5.56 Å². The van der Waals surface area contributed by atoms with Gasteiger partial charge in [-0.2, -0.15) is 10.2 Å². The molecule has 0 aliphatic rings. The Morgan fingerprint density at radius 1 is 1.36 bits per heavy atom. The summed E-state index contributed by atoms with van der Waals surface area (Å²) in [7, 11) is 0. The maximum atomic E-state index is 11.7. The summed E-state index contributed by atoms with van der Waals surface area (Å²) in [4.78, 5) is 35.8. The Kier molecular flexibility index (Phi) is 4.97. The third-order valence-corrected chi connectivity index (χ3v) is 2.92. The highest BCUT2D eigenvalue weighted by Gasteiger charge is 2.08. The second-order valence-corrected chi connectivity index (χ2v) is 4.64. The normalized spacial score (nSPS) is 12.2. The molecule has 0 aliphatic heterocycles. The molecule has 1 unspecified atom stereocenters. The van der Waals surface area contributed by atoms with Gasteiger partial charge >= 0.3 is 5.69 Å². The SMILES string of the molecule is CC(/C=N\NC(=O)Cc1n[nH]c(=O)[nH]c1=O)c1ccccc1. The van der Waals surface area contributed by atoms with Gasteiger partial charge in [0.25, 0.3) is 5.56 Å². The predicted octanol–water partition coefficient (Wildman–Crippen LogP) is -0.0936. The Labute approximate surface area is 125 Å². The lowest BCUT2D eigenvalue weighted by atomic mass is 10.0. The number of nitrogens with one attached hydrogen (secondary N) is 3. The Bertz CT molecular complexity index is 779. The Morgan fingerprint density at radius 2 is 2.09 bits per heavy atom. The average Bonchev–Trinajstić information content (AvgIpc) is 2.51. The second-order valence-electron chi connectivity index (χ2n) is 4.64. The Morgan fingerprint density at radius 3 is 2.77 bits per heavy atom. The van der Waals surface area contributed by atoms with E-state index in [-0.39, 0.29) is 18.0 Å². The van der Waals surface area contributed by atoms with Crippen LogP contribution in [-0.4, -0.2) is 27.3 Å². The number of hydrogen-bond donors (Lipinski definition) is 3. The van der Waals surface area contributed by atoms with Gasteiger partial charge in [0.15, 0.2) is 0 Å². The van der Waals surface area contributed by atoms with E-state index >= 15 is 0 Å². The van der Waals surface area contributed by atoms with Gasteiger partial charge in [0, 0.05) is 12.1 Å². The zero-order valence-electron chi connectivity index (χ0n) is 11.9. The first kappa shape index (κ1) is 15.4. The summed E-state index contributed by atoms with van der Waals surface area (Å²) < 4.78 is 0. The molecule has 0 fully saturated rings. The van der Waals surface area contributed by atoms with Crippen molar-refractivity contribution < 1.29 is 4.79 Å². The van der Waals surface area contributed by atoms with Crippen LogP contribution in [0.1, 0.15) is 24.1 Å². The lowest BCUT2D eigenvalue weighted by Gasteiger charge is -2.05. The van der Waals surface area contributed by atoms with Crippen LogP contribution in [0.3, 0.4) is 0 Å². The van der Waals surface area contributed by atoms with E-state index in [1.54, 1.807) is 6.21 Å². The smallest absolute Gasteiger partial charge is 0.273 e. The summed E-state index contributed by atoms with van der Waals surface area (Å²) in [5.74, 6) is -0.460. The number of amides is 1. The standard InChI is InChI=1S/C14H15N5O3/c1-9(10-5-3-2-4-6-10)8-15-18-12(20)7-11-13(21)16-14(22)19-17-11/h2-6,8-9H,7H2,1H3,(H,18,20)(H2,16,19,21,22)/b15-8-. The van der Waals surface area contributed by atoms with Gasteiger partial charge in [-0.1, -0.05) is 37.3 Å². The van der Waals surface area contributed by atoms with Crippen LogP contribution in [0.4, 0.5) is 0 Å². The van der Waals surface area contributed by atoms with Gasteiger partial charge in [0.1, 0.15) is 5.69 Å². The van der Waals surface area contributed by atoms with Crippen LogP contribution < -0.4 is 16.7 Å². The van der Waals surface area contributed by atoms with Crippen molar-refractivity contribution in [3.63, 3.8) is 0 Å². The number of carbonyl (C=O) groups is 1. The van der Waals surface area contributed by atoms with Crippen LogP contribution >= 0.6 is 0 Å². The van der Waals surface area contributed by atoms with Crippen molar-refractivity contribution >= 4 is 12.1 Å². The van der Waals surface area contributed by atoms with Crippen molar-refractivity contribution in [2.75, 3.05) is 0 Å². The lowest BCUT2D eigenvalue weighted by molar-refractivity contribution is -0.120. The molecule has 1 heterocycles. The molecule has 8 nitrogen and oxygen atoms in total. The number of hydrogen-bond acceptors (Lipinski definition) is 5. The molecule has 114 valence electrons. The number of rotatable bonds is 5. The zero-order valence-corrected chi connectivity index (χ0v) is 11.9. The van der Waals surface area contributed by atoms with Crippen molar-refractivity contribution in [3.05, 3.63) is 62.4 Å². The molecule has 0 radical (unpaired) electrons. The number of aromatic nitrogens is 3. The molecule has 22 heavy (non-hydrogen) atoms. The first-order valence-electron chi connectivity index (χ1n) is 6.61. The first-order valence-corrected chi connectivity index (χ1v) is 6.61. The zero-order chi connectivity index (χ0) is 15.9. The minimum absolute atomic E-state index is 0.0381. The van der Waals surface area contributed by atoms with Crippen molar-refractivity contribution in [1.82, 2.24) is 20.6 Å². The van der Waals surface area contributed by atoms with E-state index in [0.29, 0.717) is 0 Å². The third kappa shape index (κ3) is 4.23. The largest absolute Gasteiger partial charge is 0.342 e. The molecule has 8 heteroatoms. The molecule has 1 aromatic carbocycles. The van der Waals surface area contributed by atoms with Gasteiger partial charge in [0.2, 0.25) is 5.91 Å². The van der Waals surface area contributed by atoms with Crippen LogP contribution in [0, 0.1) is 0 Å². The molecular formula is C14H15N5O3. The topological polar surface area (TPSA) is 120 Å². The maximum Gasteiger partial charge on any atom is 0.342 e. The summed E-state index contributed by atoms with van der Waals surface area (Å²) in [5, 5.41) is 9.43. The first-order chi connectivity index (χ1) is 10.6. The summed E-state index contributed by atoms with van der Waals surface area (Å²) in [5.41, 5.74) is 1.90. The van der Waals surface area contributed by atoms with Crippen molar-refractivity contribution in [1.29, 1.82) is 0 Å². The van der Waals surface area contributed by atoms with Gasteiger partial charge in [-0.25, -0.2) is 15.3 Å². The predicted molar refractivity (Wildman–Crippen MR) is 80.7 cm³/mol. The van der Waals surface area contributed by atoms with Crippen LogP contribution in [0.2, 0.25) is 0 Å². The Hall–Kier alpha value is -3.03. The molecule has 1 atom stereocenters. The minimum Gasteiger partial charge on any atom is -0.273 e. The number of nitrogens with zero attached hydrogens (tertiary/aromatic N) is 2. The fourth-order valence-electron chi connectivity index (χ4n) is 1.75. The van der Waals surface area contributed by atoms with Gasteiger partial charge in [-0.05, 0) is 5.56 Å². The minimum atomic E-state index is -0.719. The van der Waals surface area contributed by atoms with Crippen LogP contribution in [-0.2, 0) is 11.2 Å². The van der Waals surface area contributed by atoms with Gasteiger partial charge in [-0.3, -0.25) is 14.6 Å². The second kappa shape index (κ2) is 7.11. The number of aromatic amines is 2. The molecule has 2 aromatic rings. The molecule has 0 saturated carbocycles. The summed E-state index contributed by atoms with van der Waals surface area (Å²) in [6.45, 7) is 1.94. The molecule has 3 N–H and O–H groups in total. The summed E-state index contributed by atoms with van der Waals surface area (Å²) in [6.07, 6.45) is 1.32. The molecular weight excluding hydrogens is 286 g/mol. The van der Waals surface area contributed by atoms with Crippen LogP contribution in [0.5, 0.6) is 0 Å². The number of hydrazone groups is 1. The molecule has 2 rings (SSSR count). The highest BCUT2D eigenvalue weighted by Crippen LogP contribution is 2.11. The van der Waals surface area contributed by atoms with E-state index in [1.165, 1.54) is 0 Å². The Balaban J connectivity index is 1.91. The average molecular weight is 301 g/mol. The highest BCUT2D eigenvalue weighted by atomic mass is 16.2. The molecule has 0 saturated heterocycles. The number of carbonyl (C=O) groups excluding carboxylic acids is 1. The van der Waals surface area contributed by atoms with Crippen molar-refractivity contribution in [2.24, 2.45) is 5.10 Å². The number of benzene rings is 1.